The first-order chi connectivity index (χ1) is 11.7. The van der Waals surface area contributed by atoms with Crippen LogP contribution in [0.3, 0.4) is 0 Å². The molecule has 0 unspecified atom stereocenters. The number of nitriles is 1. The summed E-state index contributed by atoms with van der Waals surface area (Å²) in [6, 6.07) is 15.1. The monoisotopic (exact) mass is 319 g/mol. The average Bonchev–Trinajstić information content (AvgIpc) is 3.37. The molecule has 120 valence electrons. The van der Waals surface area contributed by atoms with E-state index in [0.29, 0.717) is 11.5 Å². The molecular weight excluding hydrogens is 301 g/mol. The second-order valence-corrected chi connectivity index (χ2v) is 6.38. The van der Waals surface area contributed by atoms with E-state index in [9.17, 15) is 9.65 Å². The Morgan fingerprint density at radius 1 is 1.21 bits per heavy atom. The number of nitrogens with one attached hydrogen (secondary N) is 1. The number of nitrogens with zero attached hydrogens (tertiary/aromatic N) is 2. The van der Waals surface area contributed by atoms with Crippen LogP contribution in [0.2, 0.25) is 0 Å². The molecule has 0 spiro atoms. The van der Waals surface area contributed by atoms with Gasteiger partial charge in [0.2, 0.25) is 0 Å². The fraction of sp³-hybridized carbons (Fsp3) is 0.250. The molecule has 0 atom stereocenters. The van der Waals surface area contributed by atoms with Crippen LogP contribution in [0.4, 0.5) is 10.1 Å². The zero-order chi connectivity index (χ0) is 16.7. The molecular formula is C20H18FN3. The third-order valence-corrected chi connectivity index (χ3v) is 4.72. The van der Waals surface area contributed by atoms with E-state index in [1.165, 1.54) is 18.9 Å². The first-order valence-corrected chi connectivity index (χ1v) is 8.21. The Hall–Kier alpha value is -2.80. The Morgan fingerprint density at radius 2 is 1.96 bits per heavy atom. The second kappa shape index (κ2) is 5.68. The number of rotatable bonds is 4. The zero-order valence-electron chi connectivity index (χ0n) is 13.5. The molecule has 1 saturated carbocycles. The van der Waals surface area contributed by atoms with Gasteiger partial charge < -0.3 is 9.88 Å². The van der Waals surface area contributed by atoms with Crippen LogP contribution in [0.15, 0.2) is 42.5 Å². The summed E-state index contributed by atoms with van der Waals surface area (Å²) in [6.45, 7) is 0.838. The molecule has 1 aliphatic rings. The largest absolute Gasteiger partial charge is 0.388 e. The smallest absolute Gasteiger partial charge is 0.125 e. The molecule has 1 aromatic heterocycles. The van der Waals surface area contributed by atoms with E-state index < -0.39 is 0 Å². The molecule has 0 amide bonds. The minimum absolute atomic E-state index is 0.265. The molecule has 24 heavy (non-hydrogen) atoms. The van der Waals surface area contributed by atoms with Crippen LogP contribution >= 0.6 is 0 Å². The maximum atomic E-state index is 13.8. The number of benzene rings is 2. The Morgan fingerprint density at radius 3 is 2.58 bits per heavy atom. The lowest BCUT2D eigenvalue weighted by Crippen LogP contribution is -2.02. The number of hydrogen-bond donors (Lipinski definition) is 1. The van der Waals surface area contributed by atoms with Crippen molar-refractivity contribution < 1.29 is 4.39 Å². The number of hydrogen-bond acceptors (Lipinski definition) is 2. The highest BCUT2D eigenvalue weighted by Gasteiger charge is 2.26. The van der Waals surface area contributed by atoms with E-state index in [1.54, 1.807) is 12.1 Å². The maximum absolute atomic E-state index is 13.8. The normalized spacial score (nSPS) is 13.9. The summed E-state index contributed by atoms with van der Waals surface area (Å²) in [5.41, 5.74) is 4.35. The Labute approximate surface area is 140 Å². The van der Waals surface area contributed by atoms with Crippen molar-refractivity contribution >= 4 is 16.6 Å². The zero-order valence-corrected chi connectivity index (χ0v) is 13.5. The van der Waals surface area contributed by atoms with E-state index in [2.05, 4.69) is 16.0 Å². The first kappa shape index (κ1) is 14.8. The summed E-state index contributed by atoms with van der Waals surface area (Å²) in [5, 5.41) is 13.7. The molecule has 3 nitrogen and oxygen atoms in total. The van der Waals surface area contributed by atoms with Gasteiger partial charge in [-0.25, -0.2) is 4.39 Å². The highest BCUT2D eigenvalue weighted by atomic mass is 19.1. The van der Waals surface area contributed by atoms with Crippen molar-refractivity contribution in [1.82, 2.24) is 4.57 Å². The summed E-state index contributed by atoms with van der Waals surface area (Å²) < 4.78 is 15.9. The Balaban J connectivity index is 1.98. The number of aromatic nitrogens is 1. The van der Waals surface area contributed by atoms with Crippen LogP contribution in [0.5, 0.6) is 0 Å². The van der Waals surface area contributed by atoms with Gasteiger partial charge in [0.25, 0.3) is 0 Å². The number of fused-ring (bicyclic) bond motifs is 1. The molecule has 4 rings (SSSR count). The number of halogens is 1. The standard InChI is InChI=1S/C20H18FN3/c1-23-16-7-4-14(5-8-16)20-18(11-22)17-9-6-15(21)10-19(17)24(20)12-13-2-3-13/h4-10,13,23H,2-3,12H2,1H3. The van der Waals surface area contributed by atoms with Crippen LogP contribution in [-0.2, 0) is 6.54 Å². The van der Waals surface area contributed by atoms with Crippen molar-refractivity contribution in [3.63, 3.8) is 0 Å². The van der Waals surface area contributed by atoms with E-state index in [1.807, 2.05) is 31.3 Å². The summed E-state index contributed by atoms with van der Waals surface area (Å²) in [4.78, 5) is 0. The summed E-state index contributed by atoms with van der Waals surface area (Å²) in [7, 11) is 1.88. The SMILES string of the molecule is CNc1ccc(-c2c(C#N)c3ccc(F)cc3n2CC2CC2)cc1. The van der Waals surface area contributed by atoms with Gasteiger partial charge in [0, 0.05) is 24.7 Å². The van der Waals surface area contributed by atoms with Crippen LogP contribution in [0.1, 0.15) is 18.4 Å². The minimum Gasteiger partial charge on any atom is -0.388 e. The van der Waals surface area contributed by atoms with Gasteiger partial charge >= 0.3 is 0 Å². The van der Waals surface area contributed by atoms with Gasteiger partial charge in [0.05, 0.1) is 16.8 Å². The highest BCUT2D eigenvalue weighted by molar-refractivity contribution is 5.94. The quantitative estimate of drug-likeness (QED) is 0.752. The fourth-order valence-corrected chi connectivity index (χ4v) is 3.28. The number of anilines is 1. The fourth-order valence-electron chi connectivity index (χ4n) is 3.28. The van der Waals surface area contributed by atoms with Crippen molar-refractivity contribution in [3.05, 3.63) is 53.8 Å². The van der Waals surface area contributed by atoms with E-state index in [4.69, 9.17) is 0 Å². The molecule has 1 aliphatic carbocycles. The summed E-state index contributed by atoms with van der Waals surface area (Å²) in [6.07, 6.45) is 2.41. The molecule has 1 heterocycles. The summed E-state index contributed by atoms with van der Waals surface area (Å²) in [5.74, 6) is 0.365. The van der Waals surface area contributed by atoms with Gasteiger partial charge in [-0.05, 0) is 54.7 Å². The average molecular weight is 319 g/mol. The van der Waals surface area contributed by atoms with Crippen LogP contribution in [0, 0.1) is 23.1 Å². The molecule has 3 aromatic rings. The predicted molar refractivity (Wildman–Crippen MR) is 94.3 cm³/mol. The van der Waals surface area contributed by atoms with E-state index >= 15 is 0 Å². The third kappa shape index (κ3) is 2.43. The van der Waals surface area contributed by atoms with Crippen molar-refractivity contribution in [3.8, 4) is 17.3 Å². The first-order valence-electron chi connectivity index (χ1n) is 8.21. The lowest BCUT2D eigenvalue weighted by Gasteiger charge is -2.11. The van der Waals surface area contributed by atoms with Crippen molar-refractivity contribution in [2.75, 3.05) is 12.4 Å². The third-order valence-electron chi connectivity index (χ3n) is 4.72. The topological polar surface area (TPSA) is 40.8 Å². The molecule has 1 fully saturated rings. The second-order valence-electron chi connectivity index (χ2n) is 6.38. The van der Waals surface area contributed by atoms with Crippen LogP contribution < -0.4 is 5.32 Å². The van der Waals surface area contributed by atoms with Gasteiger partial charge in [-0.3, -0.25) is 0 Å². The maximum Gasteiger partial charge on any atom is 0.125 e. The molecule has 1 N–H and O–H groups in total. The molecule has 2 aromatic carbocycles. The lowest BCUT2D eigenvalue weighted by atomic mass is 10.1. The van der Waals surface area contributed by atoms with Crippen LogP contribution in [0.25, 0.3) is 22.2 Å². The molecule has 0 bridgehead atoms. The minimum atomic E-state index is -0.265. The van der Waals surface area contributed by atoms with Crippen molar-refractivity contribution in [2.45, 2.75) is 19.4 Å². The molecule has 4 heteroatoms. The van der Waals surface area contributed by atoms with Crippen molar-refractivity contribution in [2.24, 2.45) is 5.92 Å². The predicted octanol–water partition coefficient (Wildman–Crippen LogP) is 4.77. The van der Waals surface area contributed by atoms with Gasteiger partial charge in [-0.1, -0.05) is 12.1 Å². The van der Waals surface area contributed by atoms with E-state index in [-0.39, 0.29) is 5.82 Å². The Bertz CT molecular complexity index is 944. The molecule has 0 aliphatic heterocycles. The molecule has 0 radical (unpaired) electrons. The van der Waals surface area contributed by atoms with Crippen LogP contribution in [-0.4, -0.2) is 11.6 Å². The lowest BCUT2D eigenvalue weighted by molar-refractivity contribution is 0.623. The van der Waals surface area contributed by atoms with E-state index in [0.717, 1.165) is 34.4 Å². The van der Waals surface area contributed by atoms with Crippen molar-refractivity contribution in [1.29, 1.82) is 5.26 Å². The summed E-state index contributed by atoms with van der Waals surface area (Å²) >= 11 is 0. The van der Waals surface area contributed by atoms with Gasteiger partial charge in [0.1, 0.15) is 11.9 Å². The van der Waals surface area contributed by atoms with Gasteiger partial charge in [-0.15, -0.1) is 0 Å². The highest BCUT2D eigenvalue weighted by Crippen LogP contribution is 2.38. The Kier molecular flexibility index (Phi) is 3.50. The van der Waals surface area contributed by atoms with Gasteiger partial charge in [0.15, 0.2) is 0 Å². The molecule has 0 saturated heterocycles. The van der Waals surface area contributed by atoms with Gasteiger partial charge in [-0.2, -0.15) is 5.26 Å².